The summed E-state index contributed by atoms with van der Waals surface area (Å²) in [6.45, 7) is 6.89. The van der Waals surface area contributed by atoms with E-state index < -0.39 is 10.0 Å². The Morgan fingerprint density at radius 1 is 1.00 bits per heavy atom. The number of nitrogens with two attached hydrogens (primary N) is 1. The number of hydrogen-bond donors (Lipinski definition) is 3. The van der Waals surface area contributed by atoms with Crippen molar-refractivity contribution in [2.45, 2.75) is 25.7 Å². The van der Waals surface area contributed by atoms with Crippen molar-refractivity contribution < 1.29 is 13.2 Å². The predicted molar refractivity (Wildman–Crippen MR) is 110 cm³/mol. The minimum atomic E-state index is -3.62. The summed E-state index contributed by atoms with van der Waals surface area (Å²) < 4.78 is 27.0. The van der Waals surface area contributed by atoms with Crippen molar-refractivity contribution >= 4 is 33.0 Å². The maximum absolute atomic E-state index is 12.8. The standard InChI is InChI=1S/C19H26N4O3S/c1-4-21-17-12-11-16(27(25,26)23(5-2)6-3)13-18(17)22-19(24)14-7-9-15(20)10-8-14/h7-13,21H,4-6,20H2,1-3H3,(H,22,24). The molecule has 0 saturated carbocycles. The van der Waals surface area contributed by atoms with Crippen molar-refractivity contribution in [2.75, 3.05) is 36.0 Å². The molecule has 2 rings (SSSR count). The average Bonchev–Trinajstić information content (AvgIpc) is 2.64. The van der Waals surface area contributed by atoms with Crippen LogP contribution < -0.4 is 16.4 Å². The van der Waals surface area contributed by atoms with E-state index in [1.807, 2.05) is 6.92 Å². The van der Waals surface area contributed by atoms with Crippen LogP contribution in [0.4, 0.5) is 17.1 Å². The molecule has 146 valence electrons. The van der Waals surface area contributed by atoms with Gasteiger partial charge in [0.15, 0.2) is 0 Å². The van der Waals surface area contributed by atoms with Crippen LogP contribution in [0.25, 0.3) is 0 Å². The molecule has 0 bridgehead atoms. The monoisotopic (exact) mass is 390 g/mol. The lowest BCUT2D eigenvalue weighted by atomic mass is 10.2. The van der Waals surface area contributed by atoms with Gasteiger partial charge >= 0.3 is 0 Å². The second kappa shape index (κ2) is 8.88. The lowest BCUT2D eigenvalue weighted by Crippen LogP contribution is -2.30. The van der Waals surface area contributed by atoms with E-state index in [1.54, 1.807) is 50.2 Å². The number of carbonyl (C=O) groups is 1. The first kappa shape index (κ1) is 20.7. The summed E-state index contributed by atoms with van der Waals surface area (Å²) in [5, 5.41) is 5.93. The van der Waals surface area contributed by atoms with Gasteiger partial charge in [0.25, 0.3) is 5.91 Å². The minimum absolute atomic E-state index is 0.139. The van der Waals surface area contributed by atoms with Gasteiger partial charge in [-0.05, 0) is 49.4 Å². The fourth-order valence-corrected chi connectivity index (χ4v) is 4.16. The number of sulfonamides is 1. The highest BCUT2D eigenvalue weighted by molar-refractivity contribution is 7.89. The van der Waals surface area contributed by atoms with E-state index in [1.165, 1.54) is 10.4 Å². The van der Waals surface area contributed by atoms with Gasteiger partial charge in [0.05, 0.1) is 16.3 Å². The van der Waals surface area contributed by atoms with Gasteiger partial charge in [0.2, 0.25) is 10.0 Å². The van der Waals surface area contributed by atoms with Crippen LogP contribution in [0.2, 0.25) is 0 Å². The van der Waals surface area contributed by atoms with Crippen molar-refractivity contribution in [2.24, 2.45) is 0 Å². The third-order valence-corrected chi connectivity index (χ3v) is 6.17. The molecule has 0 heterocycles. The Bertz CT molecular complexity index is 892. The van der Waals surface area contributed by atoms with Crippen molar-refractivity contribution in [3.05, 3.63) is 48.0 Å². The number of amides is 1. The summed E-state index contributed by atoms with van der Waals surface area (Å²) in [7, 11) is -3.62. The molecular weight excluding hydrogens is 364 g/mol. The molecule has 0 atom stereocenters. The summed E-state index contributed by atoms with van der Waals surface area (Å²) in [5.41, 5.74) is 7.71. The molecule has 0 aromatic heterocycles. The van der Waals surface area contributed by atoms with Crippen molar-refractivity contribution in [1.82, 2.24) is 4.31 Å². The molecule has 27 heavy (non-hydrogen) atoms. The third kappa shape index (κ3) is 4.78. The van der Waals surface area contributed by atoms with Gasteiger partial charge in [-0.1, -0.05) is 13.8 Å². The van der Waals surface area contributed by atoms with E-state index in [0.717, 1.165) is 0 Å². The van der Waals surface area contributed by atoms with Gasteiger partial charge in [-0.15, -0.1) is 0 Å². The highest BCUT2D eigenvalue weighted by Gasteiger charge is 2.23. The molecule has 0 unspecified atom stereocenters. The first-order chi connectivity index (χ1) is 12.8. The number of nitrogens with zero attached hydrogens (tertiary/aromatic N) is 1. The highest BCUT2D eigenvalue weighted by atomic mass is 32.2. The Kier molecular flexibility index (Phi) is 6.81. The fourth-order valence-electron chi connectivity index (χ4n) is 2.67. The number of nitrogen functional groups attached to an aromatic ring is 1. The van der Waals surface area contributed by atoms with Crippen LogP contribution >= 0.6 is 0 Å². The Labute approximate surface area is 160 Å². The van der Waals surface area contributed by atoms with Crippen LogP contribution in [0.3, 0.4) is 0 Å². The Morgan fingerprint density at radius 3 is 2.19 bits per heavy atom. The number of carbonyl (C=O) groups excluding carboxylic acids is 1. The summed E-state index contributed by atoms with van der Waals surface area (Å²) in [4.78, 5) is 12.7. The van der Waals surface area contributed by atoms with E-state index in [9.17, 15) is 13.2 Å². The molecule has 0 radical (unpaired) electrons. The van der Waals surface area contributed by atoms with Gasteiger partial charge in [-0.3, -0.25) is 4.79 Å². The molecule has 0 aliphatic carbocycles. The van der Waals surface area contributed by atoms with Crippen LogP contribution in [0, 0.1) is 0 Å². The second-order valence-corrected chi connectivity index (χ2v) is 7.84. The zero-order valence-electron chi connectivity index (χ0n) is 15.8. The molecule has 1 amide bonds. The third-order valence-electron chi connectivity index (χ3n) is 4.12. The van der Waals surface area contributed by atoms with E-state index in [-0.39, 0.29) is 10.8 Å². The Morgan fingerprint density at radius 2 is 1.63 bits per heavy atom. The SMILES string of the molecule is CCNc1ccc(S(=O)(=O)N(CC)CC)cc1NC(=O)c1ccc(N)cc1. The molecule has 8 heteroatoms. The first-order valence-corrected chi connectivity index (χ1v) is 10.3. The van der Waals surface area contributed by atoms with Gasteiger partial charge in [-0.2, -0.15) is 4.31 Å². The molecule has 0 aliphatic rings. The van der Waals surface area contributed by atoms with Gasteiger partial charge < -0.3 is 16.4 Å². The second-order valence-electron chi connectivity index (χ2n) is 5.90. The lowest BCUT2D eigenvalue weighted by molar-refractivity contribution is 0.102. The summed E-state index contributed by atoms with van der Waals surface area (Å²) in [6.07, 6.45) is 0. The van der Waals surface area contributed by atoms with Crippen molar-refractivity contribution in [3.8, 4) is 0 Å². The Hall–Kier alpha value is -2.58. The van der Waals surface area contributed by atoms with Gasteiger partial charge in [0, 0.05) is 30.9 Å². The van der Waals surface area contributed by atoms with Gasteiger partial charge in [-0.25, -0.2) is 8.42 Å². The van der Waals surface area contributed by atoms with Crippen molar-refractivity contribution in [3.63, 3.8) is 0 Å². The smallest absolute Gasteiger partial charge is 0.255 e. The minimum Gasteiger partial charge on any atom is -0.399 e. The number of nitrogens with one attached hydrogen (secondary N) is 2. The average molecular weight is 391 g/mol. The van der Waals surface area contributed by atoms with Gasteiger partial charge in [0.1, 0.15) is 0 Å². The molecule has 0 spiro atoms. The molecule has 2 aromatic carbocycles. The zero-order valence-corrected chi connectivity index (χ0v) is 16.6. The van der Waals surface area contributed by atoms with Crippen molar-refractivity contribution in [1.29, 1.82) is 0 Å². The summed E-state index contributed by atoms with van der Waals surface area (Å²) >= 11 is 0. The maximum atomic E-state index is 12.8. The van der Waals surface area contributed by atoms with E-state index in [4.69, 9.17) is 5.73 Å². The van der Waals surface area contributed by atoms with E-state index >= 15 is 0 Å². The molecule has 4 N–H and O–H groups in total. The van der Waals surface area contributed by atoms with Crippen LogP contribution in [-0.2, 0) is 10.0 Å². The molecule has 0 aliphatic heterocycles. The number of rotatable bonds is 8. The number of hydrogen-bond acceptors (Lipinski definition) is 5. The van der Waals surface area contributed by atoms with Crippen LogP contribution in [0.15, 0.2) is 47.4 Å². The fraction of sp³-hybridized carbons (Fsp3) is 0.316. The van der Waals surface area contributed by atoms with Crippen LogP contribution in [0.1, 0.15) is 31.1 Å². The molecular formula is C19H26N4O3S. The normalized spacial score (nSPS) is 11.4. The lowest BCUT2D eigenvalue weighted by Gasteiger charge is -2.20. The Balaban J connectivity index is 2.41. The van der Waals surface area contributed by atoms with E-state index in [0.29, 0.717) is 42.3 Å². The quantitative estimate of drug-likeness (QED) is 0.601. The van der Waals surface area contributed by atoms with Crippen LogP contribution in [0.5, 0.6) is 0 Å². The zero-order chi connectivity index (χ0) is 20.0. The summed E-state index contributed by atoms with van der Waals surface area (Å²) in [5.74, 6) is -0.341. The van der Waals surface area contributed by atoms with Crippen LogP contribution in [-0.4, -0.2) is 38.3 Å². The first-order valence-electron chi connectivity index (χ1n) is 8.88. The topological polar surface area (TPSA) is 105 Å². The number of anilines is 3. The largest absolute Gasteiger partial charge is 0.399 e. The summed E-state index contributed by atoms with van der Waals surface area (Å²) in [6, 6.07) is 11.2. The molecule has 7 nitrogen and oxygen atoms in total. The number of benzene rings is 2. The van der Waals surface area contributed by atoms with E-state index in [2.05, 4.69) is 10.6 Å². The maximum Gasteiger partial charge on any atom is 0.255 e. The molecule has 2 aromatic rings. The molecule has 0 fully saturated rings. The highest BCUT2D eigenvalue weighted by Crippen LogP contribution is 2.28. The molecule has 0 saturated heterocycles. The predicted octanol–water partition coefficient (Wildman–Crippen LogP) is 2.98.